The molecule has 1 aromatic carbocycles. The number of fused-ring (bicyclic) bond motifs is 1. The fourth-order valence-electron chi connectivity index (χ4n) is 2.58. The summed E-state index contributed by atoms with van der Waals surface area (Å²) in [6, 6.07) is 8.64. The molecule has 0 bridgehead atoms. The molecule has 0 saturated heterocycles. The number of hydrogen-bond donors (Lipinski definition) is 0. The lowest BCUT2D eigenvalue weighted by atomic mass is 10.2. The van der Waals surface area contributed by atoms with Crippen LogP contribution in [0.3, 0.4) is 0 Å². The van der Waals surface area contributed by atoms with Gasteiger partial charge in [-0.3, -0.25) is 4.68 Å². The second kappa shape index (κ2) is 4.98. The average Bonchev–Trinajstić information content (AvgIpc) is 2.94. The molecule has 3 rings (SSSR count). The molecular weight excluding hydrogens is 270 g/mol. The Morgan fingerprint density at radius 2 is 2.05 bits per heavy atom. The summed E-state index contributed by atoms with van der Waals surface area (Å²) in [6.07, 6.45) is 2.97. The molecule has 0 saturated carbocycles. The van der Waals surface area contributed by atoms with Gasteiger partial charge in [0.15, 0.2) is 0 Å². The largest absolute Gasteiger partial charge is 0.341 e. The number of aromatic nitrogens is 3. The maximum atomic E-state index is 6.43. The number of hydrogen-bond acceptors (Lipinski definition) is 1. The van der Waals surface area contributed by atoms with Crippen LogP contribution in [0.2, 0.25) is 5.02 Å². The highest BCUT2D eigenvalue weighted by Crippen LogP contribution is 2.24. The van der Waals surface area contributed by atoms with Crippen molar-refractivity contribution in [2.24, 2.45) is 7.05 Å². The molecular formula is C16H18ClN3. The van der Waals surface area contributed by atoms with E-state index in [1.165, 1.54) is 16.5 Å². The van der Waals surface area contributed by atoms with Crippen molar-refractivity contribution in [1.29, 1.82) is 0 Å². The highest BCUT2D eigenvalue weighted by atomic mass is 35.5. The minimum atomic E-state index is 0.745. The minimum Gasteiger partial charge on any atom is -0.341 e. The normalized spacial score (nSPS) is 11.4. The monoisotopic (exact) mass is 287 g/mol. The van der Waals surface area contributed by atoms with Gasteiger partial charge >= 0.3 is 0 Å². The molecule has 2 aromatic heterocycles. The van der Waals surface area contributed by atoms with Gasteiger partial charge in [-0.1, -0.05) is 30.7 Å². The van der Waals surface area contributed by atoms with Gasteiger partial charge in [0.2, 0.25) is 0 Å². The van der Waals surface area contributed by atoms with Gasteiger partial charge < -0.3 is 4.57 Å². The fraction of sp³-hybridized carbons (Fsp3) is 0.312. The maximum Gasteiger partial charge on any atom is 0.0868 e. The molecule has 0 atom stereocenters. The van der Waals surface area contributed by atoms with Gasteiger partial charge in [0.1, 0.15) is 0 Å². The predicted molar refractivity (Wildman–Crippen MR) is 83.4 cm³/mol. The van der Waals surface area contributed by atoms with E-state index in [0.717, 1.165) is 29.4 Å². The third kappa shape index (κ3) is 2.12. The van der Waals surface area contributed by atoms with Gasteiger partial charge in [-0.2, -0.15) is 5.10 Å². The number of nitrogens with zero attached hydrogens (tertiary/aromatic N) is 3. The Morgan fingerprint density at radius 3 is 2.75 bits per heavy atom. The summed E-state index contributed by atoms with van der Waals surface area (Å²) in [7, 11) is 1.96. The Kier molecular flexibility index (Phi) is 3.30. The third-order valence-corrected chi connectivity index (χ3v) is 4.19. The Balaban J connectivity index is 2.05. The number of rotatable bonds is 3. The van der Waals surface area contributed by atoms with Crippen LogP contribution in [0.15, 0.2) is 30.5 Å². The van der Waals surface area contributed by atoms with Crippen LogP contribution in [0.5, 0.6) is 0 Å². The van der Waals surface area contributed by atoms with Crippen LogP contribution in [0.4, 0.5) is 0 Å². The van der Waals surface area contributed by atoms with Gasteiger partial charge in [0, 0.05) is 18.8 Å². The van der Waals surface area contributed by atoms with E-state index in [-0.39, 0.29) is 0 Å². The standard InChI is InChI=1S/C16H18ClN3/c1-4-13-16(17)15(19(3)18-13)10-20-8-7-12-6-5-11(2)9-14(12)20/h5-9H,4,10H2,1-3H3. The van der Waals surface area contributed by atoms with E-state index in [0.29, 0.717) is 0 Å². The second-order valence-electron chi connectivity index (χ2n) is 5.19. The van der Waals surface area contributed by atoms with Crippen molar-refractivity contribution >= 4 is 22.5 Å². The first kappa shape index (κ1) is 13.3. The van der Waals surface area contributed by atoms with Crippen LogP contribution in [0.1, 0.15) is 23.9 Å². The van der Waals surface area contributed by atoms with Gasteiger partial charge in [0.25, 0.3) is 0 Å². The molecule has 0 unspecified atom stereocenters. The van der Waals surface area contributed by atoms with Crippen molar-refractivity contribution in [2.45, 2.75) is 26.8 Å². The summed E-state index contributed by atoms with van der Waals surface area (Å²) in [5.74, 6) is 0. The van der Waals surface area contributed by atoms with E-state index in [4.69, 9.17) is 11.6 Å². The highest BCUT2D eigenvalue weighted by Gasteiger charge is 2.14. The summed E-state index contributed by atoms with van der Waals surface area (Å²) >= 11 is 6.43. The lowest BCUT2D eigenvalue weighted by Gasteiger charge is -2.07. The molecule has 0 N–H and O–H groups in total. The van der Waals surface area contributed by atoms with E-state index in [2.05, 4.69) is 54.0 Å². The summed E-state index contributed by atoms with van der Waals surface area (Å²) in [6.45, 7) is 4.94. The molecule has 20 heavy (non-hydrogen) atoms. The molecule has 0 spiro atoms. The third-order valence-electron chi connectivity index (χ3n) is 3.75. The first-order valence-corrected chi connectivity index (χ1v) is 7.23. The van der Waals surface area contributed by atoms with Crippen molar-refractivity contribution in [3.63, 3.8) is 0 Å². The zero-order chi connectivity index (χ0) is 14.3. The lowest BCUT2D eigenvalue weighted by Crippen LogP contribution is -2.05. The molecule has 0 aliphatic heterocycles. The van der Waals surface area contributed by atoms with Gasteiger partial charge in [-0.25, -0.2) is 0 Å². The van der Waals surface area contributed by atoms with E-state index in [9.17, 15) is 0 Å². The summed E-state index contributed by atoms with van der Waals surface area (Å²) < 4.78 is 4.12. The minimum absolute atomic E-state index is 0.745. The summed E-state index contributed by atoms with van der Waals surface area (Å²) in [5, 5.41) is 6.53. The fourth-order valence-corrected chi connectivity index (χ4v) is 2.94. The van der Waals surface area contributed by atoms with Crippen LogP contribution in [0.25, 0.3) is 10.9 Å². The first-order chi connectivity index (χ1) is 9.60. The molecule has 0 fully saturated rings. The number of aryl methyl sites for hydroxylation is 3. The SMILES string of the molecule is CCc1nn(C)c(Cn2ccc3ccc(C)cc32)c1Cl. The van der Waals surface area contributed by atoms with Gasteiger partial charge in [-0.05, 0) is 36.4 Å². The highest BCUT2D eigenvalue weighted by molar-refractivity contribution is 6.31. The number of benzene rings is 1. The van der Waals surface area contributed by atoms with Crippen molar-refractivity contribution in [1.82, 2.24) is 14.3 Å². The van der Waals surface area contributed by atoms with Crippen LogP contribution in [-0.4, -0.2) is 14.3 Å². The first-order valence-electron chi connectivity index (χ1n) is 6.86. The Hall–Kier alpha value is -1.74. The molecule has 0 radical (unpaired) electrons. The van der Waals surface area contributed by atoms with Crippen molar-refractivity contribution in [3.05, 3.63) is 52.4 Å². The average molecular weight is 288 g/mol. The molecule has 3 aromatic rings. The molecule has 104 valence electrons. The molecule has 0 aliphatic carbocycles. The second-order valence-corrected chi connectivity index (χ2v) is 5.57. The number of halogens is 1. The maximum absolute atomic E-state index is 6.43. The van der Waals surface area contributed by atoms with Crippen LogP contribution >= 0.6 is 11.6 Å². The van der Waals surface area contributed by atoms with E-state index in [1.54, 1.807) is 0 Å². The van der Waals surface area contributed by atoms with Crippen molar-refractivity contribution in [2.75, 3.05) is 0 Å². The Labute approximate surface area is 123 Å². The summed E-state index contributed by atoms with van der Waals surface area (Å²) in [4.78, 5) is 0. The molecule has 3 nitrogen and oxygen atoms in total. The van der Waals surface area contributed by atoms with Gasteiger partial charge in [0.05, 0.1) is 23.0 Å². The van der Waals surface area contributed by atoms with Crippen molar-refractivity contribution < 1.29 is 0 Å². The lowest BCUT2D eigenvalue weighted by molar-refractivity contribution is 0.669. The predicted octanol–water partition coefficient (Wildman–Crippen LogP) is 3.95. The van der Waals surface area contributed by atoms with Crippen LogP contribution < -0.4 is 0 Å². The van der Waals surface area contributed by atoms with Crippen molar-refractivity contribution in [3.8, 4) is 0 Å². The van der Waals surface area contributed by atoms with Gasteiger partial charge in [-0.15, -0.1) is 0 Å². The molecule has 2 heterocycles. The van der Waals surface area contributed by atoms with Crippen LogP contribution in [0, 0.1) is 6.92 Å². The van der Waals surface area contributed by atoms with Crippen LogP contribution in [-0.2, 0) is 20.0 Å². The van der Waals surface area contributed by atoms with E-state index >= 15 is 0 Å². The zero-order valence-corrected chi connectivity index (χ0v) is 12.8. The van der Waals surface area contributed by atoms with E-state index in [1.807, 2.05) is 11.7 Å². The Morgan fingerprint density at radius 1 is 1.25 bits per heavy atom. The molecule has 0 aliphatic rings. The van der Waals surface area contributed by atoms with E-state index < -0.39 is 0 Å². The topological polar surface area (TPSA) is 22.8 Å². The summed E-state index contributed by atoms with van der Waals surface area (Å²) in [5.41, 5.74) is 4.53. The smallest absolute Gasteiger partial charge is 0.0868 e. The molecule has 4 heteroatoms. The Bertz CT molecular complexity index is 767. The zero-order valence-electron chi connectivity index (χ0n) is 12.0. The quantitative estimate of drug-likeness (QED) is 0.715. The molecule has 0 amide bonds.